The number of hydrogen-bond acceptors (Lipinski definition) is 4. The van der Waals surface area contributed by atoms with Crippen LogP contribution in [-0.2, 0) is 4.79 Å². The van der Waals surface area contributed by atoms with E-state index in [2.05, 4.69) is 27.8 Å². The van der Waals surface area contributed by atoms with Crippen LogP contribution in [0.25, 0.3) is 0 Å². The molecule has 5 fully saturated rings. The number of piperidine rings is 1. The number of hydrogen-bond donors (Lipinski definition) is 3. The molecular weight excluding hydrogens is 379 g/mol. The van der Waals surface area contributed by atoms with Crippen LogP contribution in [0, 0.1) is 11.8 Å². The van der Waals surface area contributed by atoms with Crippen LogP contribution < -0.4 is 16.0 Å². The van der Waals surface area contributed by atoms with E-state index in [1.807, 2.05) is 0 Å². The van der Waals surface area contributed by atoms with Gasteiger partial charge in [0.05, 0.1) is 6.04 Å². The number of alkyl halides is 1. The molecule has 3 saturated heterocycles. The Kier molecular flexibility index (Phi) is 6.11. The maximum Gasteiger partial charge on any atom is 0.237 e. The first-order valence-electron chi connectivity index (χ1n) is 12.7. The average Bonchev–Trinajstić information content (AvgIpc) is 3.40. The third-order valence-electron chi connectivity index (χ3n) is 9.25. The molecule has 3 N–H and O–H groups in total. The van der Waals surface area contributed by atoms with Gasteiger partial charge < -0.3 is 20.9 Å². The van der Waals surface area contributed by atoms with Crippen LogP contribution >= 0.6 is 0 Å². The molecule has 170 valence electrons. The molecule has 0 aromatic rings. The SMILES string of the molecule is CC1CCC(F)C2CC(C(=O)NC3CCCC(N4CCC5(CCCN5)CC4)C3)NC12. The molecule has 0 aromatic carbocycles. The minimum Gasteiger partial charge on any atom is -0.352 e. The van der Waals surface area contributed by atoms with Crippen molar-refractivity contribution in [2.75, 3.05) is 19.6 Å². The number of amides is 1. The summed E-state index contributed by atoms with van der Waals surface area (Å²) in [7, 11) is 0. The van der Waals surface area contributed by atoms with Crippen LogP contribution in [0.15, 0.2) is 0 Å². The second kappa shape index (κ2) is 8.67. The van der Waals surface area contributed by atoms with E-state index in [1.54, 1.807) is 0 Å². The lowest BCUT2D eigenvalue weighted by Gasteiger charge is -2.45. The van der Waals surface area contributed by atoms with Crippen LogP contribution in [0.2, 0.25) is 0 Å². The molecule has 7 atom stereocenters. The smallest absolute Gasteiger partial charge is 0.237 e. The van der Waals surface area contributed by atoms with E-state index in [1.165, 1.54) is 58.2 Å². The lowest BCUT2D eigenvalue weighted by molar-refractivity contribution is -0.124. The molecule has 30 heavy (non-hydrogen) atoms. The molecule has 5 rings (SSSR count). The normalized spacial score (nSPS) is 44.1. The lowest BCUT2D eigenvalue weighted by atomic mass is 9.77. The molecular formula is C24H41FN4O. The van der Waals surface area contributed by atoms with Gasteiger partial charge in [-0.25, -0.2) is 4.39 Å². The third kappa shape index (κ3) is 4.16. The topological polar surface area (TPSA) is 56.4 Å². The van der Waals surface area contributed by atoms with Crippen molar-refractivity contribution in [2.24, 2.45) is 11.8 Å². The monoisotopic (exact) mass is 420 g/mol. The summed E-state index contributed by atoms with van der Waals surface area (Å²) < 4.78 is 14.4. The molecule has 6 heteroatoms. The van der Waals surface area contributed by atoms with Gasteiger partial charge in [0, 0.05) is 42.7 Å². The maximum absolute atomic E-state index is 14.4. The van der Waals surface area contributed by atoms with Crippen LogP contribution in [-0.4, -0.2) is 66.3 Å². The summed E-state index contributed by atoms with van der Waals surface area (Å²) in [5, 5.41) is 10.6. The van der Waals surface area contributed by atoms with E-state index in [0.717, 1.165) is 19.3 Å². The highest BCUT2D eigenvalue weighted by molar-refractivity contribution is 5.82. The second-order valence-electron chi connectivity index (χ2n) is 11.1. The number of carbonyl (C=O) groups excluding carboxylic acids is 1. The van der Waals surface area contributed by atoms with Gasteiger partial charge in [-0.3, -0.25) is 4.79 Å². The summed E-state index contributed by atoms with van der Waals surface area (Å²) in [5.41, 5.74) is 0.426. The fraction of sp³-hybridized carbons (Fsp3) is 0.958. The minimum atomic E-state index is -0.743. The van der Waals surface area contributed by atoms with Crippen molar-refractivity contribution in [3.8, 4) is 0 Å². The quantitative estimate of drug-likeness (QED) is 0.657. The number of carbonyl (C=O) groups is 1. The molecule has 7 unspecified atom stereocenters. The van der Waals surface area contributed by atoms with E-state index in [4.69, 9.17) is 0 Å². The molecule has 5 nitrogen and oxygen atoms in total. The summed E-state index contributed by atoms with van der Waals surface area (Å²) in [6, 6.07) is 0.855. The van der Waals surface area contributed by atoms with Gasteiger partial charge in [0.2, 0.25) is 5.91 Å². The van der Waals surface area contributed by atoms with Crippen LogP contribution in [0.1, 0.15) is 77.6 Å². The Balaban J connectivity index is 1.12. The Hall–Kier alpha value is -0.720. The van der Waals surface area contributed by atoms with Crippen LogP contribution in [0.3, 0.4) is 0 Å². The Labute approximate surface area is 181 Å². The Bertz CT molecular complexity index is 596. The van der Waals surface area contributed by atoms with Gasteiger partial charge in [0.15, 0.2) is 0 Å². The number of likely N-dealkylation sites (tertiary alicyclic amines) is 1. The molecule has 0 radical (unpaired) electrons. The Morgan fingerprint density at radius 2 is 1.90 bits per heavy atom. The first-order valence-corrected chi connectivity index (χ1v) is 12.7. The summed E-state index contributed by atoms with van der Waals surface area (Å²) in [4.78, 5) is 15.7. The molecule has 5 aliphatic rings. The number of fused-ring (bicyclic) bond motifs is 1. The standard InChI is InChI=1S/C24H41FN4O/c1-16-6-7-20(25)19-15-21(28-22(16)19)23(30)27-17-4-2-5-18(14-17)29-12-9-24(10-13-29)8-3-11-26-24/h16-22,26,28H,2-15H2,1H3,(H,27,30). The Morgan fingerprint density at radius 1 is 1.07 bits per heavy atom. The highest BCUT2D eigenvalue weighted by Crippen LogP contribution is 2.39. The zero-order valence-corrected chi connectivity index (χ0v) is 18.7. The van der Waals surface area contributed by atoms with Crippen molar-refractivity contribution in [1.82, 2.24) is 20.9 Å². The first kappa shape index (κ1) is 21.1. The zero-order valence-electron chi connectivity index (χ0n) is 18.7. The van der Waals surface area contributed by atoms with Gasteiger partial charge >= 0.3 is 0 Å². The number of nitrogens with one attached hydrogen (secondary N) is 3. The van der Waals surface area contributed by atoms with Crippen molar-refractivity contribution < 1.29 is 9.18 Å². The van der Waals surface area contributed by atoms with Gasteiger partial charge in [-0.15, -0.1) is 0 Å². The predicted octanol–water partition coefficient (Wildman–Crippen LogP) is 2.75. The van der Waals surface area contributed by atoms with Gasteiger partial charge in [-0.2, -0.15) is 0 Å². The summed E-state index contributed by atoms with van der Waals surface area (Å²) in [5.74, 6) is 0.603. The van der Waals surface area contributed by atoms with Crippen molar-refractivity contribution in [1.29, 1.82) is 0 Å². The molecule has 1 spiro atoms. The average molecular weight is 421 g/mol. The minimum absolute atomic E-state index is 0.0217. The second-order valence-corrected chi connectivity index (χ2v) is 11.1. The highest BCUT2D eigenvalue weighted by atomic mass is 19.1. The maximum atomic E-state index is 14.4. The lowest BCUT2D eigenvalue weighted by Crippen LogP contribution is -2.55. The summed E-state index contributed by atoms with van der Waals surface area (Å²) >= 11 is 0. The highest BCUT2D eigenvalue weighted by Gasteiger charge is 2.46. The zero-order chi connectivity index (χ0) is 20.7. The van der Waals surface area contributed by atoms with Gasteiger partial charge in [-0.1, -0.05) is 6.92 Å². The van der Waals surface area contributed by atoms with Crippen LogP contribution in [0.4, 0.5) is 4.39 Å². The summed E-state index contributed by atoms with van der Waals surface area (Å²) in [6.07, 6.45) is 11.4. The first-order chi connectivity index (χ1) is 14.5. The van der Waals surface area contributed by atoms with E-state index < -0.39 is 6.17 Å². The van der Waals surface area contributed by atoms with Crippen molar-refractivity contribution in [3.63, 3.8) is 0 Å². The molecule has 2 saturated carbocycles. The van der Waals surface area contributed by atoms with Gasteiger partial charge in [-0.05, 0) is 83.1 Å². The molecule has 3 aliphatic heterocycles. The summed E-state index contributed by atoms with van der Waals surface area (Å²) in [6.45, 7) is 5.78. The molecule has 2 aliphatic carbocycles. The van der Waals surface area contributed by atoms with Crippen LogP contribution in [0.5, 0.6) is 0 Å². The molecule has 0 aromatic heterocycles. The van der Waals surface area contributed by atoms with Gasteiger partial charge in [0.25, 0.3) is 0 Å². The molecule has 3 heterocycles. The predicted molar refractivity (Wildman–Crippen MR) is 117 cm³/mol. The van der Waals surface area contributed by atoms with E-state index >= 15 is 0 Å². The van der Waals surface area contributed by atoms with E-state index in [-0.39, 0.29) is 30.0 Å². The molecule has 0 bridgehead atoms. The largest absolute Gasteiger partial charge is 0.352 e. The third-order valence-corrected chi connectivity index (χ3v) is 9.25. The molecule has 1 amide bonds. The number of rotatable bonds is 3. The van der Waals surface area contributed by atoms with Crippen molar-refractivity contribution in [2.45, 2.75) is 113 Å². The van der Waals surface area contributed by atoms with Crippen molar-refractivity contribution in [3.05, 3.63) is 0 Å². The number of halogens is 1. The van der Waals surface area contributed by atoms with E-state index in [0.29, 0.717) is 30.3 Å². The fourth-order valence-electron chi connectivity index (χ4n) is 7.34. The van der Waals surface area contributed by atoms with E-state index in [9.17, 15) is 9.18 Å². The fourth-order valence-corrected chi connectivity index (χ4v) is 7.34. The van der Waals surface area contributed by atoms with Crippen molar-refractivity contribution >= 4 is 5.91 Å². The number of nitrogens with zero attached hydrogens (tertiary/aromatic N) is 1. The Morgan fingerprint density at radius 3 is 2.63 bits per heavy atom. The van der Waals surface area contributed by atoms with Gasteiger partial charge in [0.1, 0.15) is 6.17 Å².